The van der Waals surface area contributed by atoms with Gasteiger partial charge in [0, 0.05) is 38.6 Å². The first-order valence-corrected chi connectivity index (χ1v) is 12.0. The molecule has 3 fully saturated rings. The van der Waals surface area contributed by atoms with Crippen LogP contribution in [0.1, 0.15) is 78.1 Å². The van der Waals surface area contributed by atoms with E-state index < -0.39 is 5.54 Å². The average Bonchev–Trinajstić information content (AvgIpc) is 2.90. The maximum Gasteiger partial charge on any atom is 0.238 e. The van der Waals surface area contributed by atoms with Gasteiger partial charge in [-0.1, -0.05) is 20.3 Å². The molecule has 166 valence electrons. The van der Waals surface area contributed by atoms with Crippen molar-refractivity contribution >= 4 is 11.8 Å². The largest absolute Gasteiger partial charge is 0.368 e. The molecule has 1 unspecified atom stereocenters. The van der Waals surface area contributed by atoms with Gasteiger partial charge >= 0.3 is 0 Å². The van der Waals surface area contributed by atoms with E-state index in [-0.39, 0.29) is 5.91 Å². The highest BCUT2D eigenvalue weighted by atomic mass is 16.2. The van der Waals surface area contributed by atoms with E-state index in [1.165, 1.54) is 25.7 Å². The van der Waals surface area contributed by atoms with Crippen LogP contribution in [0.3, 0.4) is 0 Å². The molecule has 0 aliphatic carbocycles. The van der Waals surface area contributed by atoms with Crippen LogP contribution in [0.15, 0.2) is 0 Å². The Morgan fingerprint density at radius 3 is 2.38 bits per heavy atom. The average molecular weight is 407 g/mol. The second-order valence-corrected chi connectivity index (χ2v) is 9.88. The molecule has 2 amide bonds. The highest BCUT2D eigenvalue weighted by Gasteiger charge is 2.46. The van der Waals surface area contributed by atoms with Crippen molar-refractivity contribution in [2.75, 3.05) is 39.3 Å². The van der Waals surface area contributed by atoms with Crippen LogP contribution in [0, 0.1) is 5.92 Å². The molecule has 6 heteroatoms. The lowest BCUT2D eigenvalue weighted by molar-refractivity contribution is -0.135. The van der Waals surface area contributed by atoms with E-state index in [2.05, 4.69) is 28.5 Å². The second kappa shape index (κ2) is 10.3. The number of nitrogens with two attached hydrogens (primary N) is 1. The second-order valence-electron chi connectivity index (χ2n) is 9.88. The van der Waals surface area contributed by atoms with Crippen molar-refractivity contribution in [1.82, 2.24) is 14.7 Å². The fraction of sp³-hybridized carbons (Fsp3) is 0.913. The van der Waals surface area contributed by atoms with Crippen LogP contribution in [-0.2, 0) is 9.59 Å². The maximum atomic E-state index is 12.6. The van der Waals surface area contributed by atoms with Crippen molar-refractivity contribution < 1.29 is 9.59 Å². The fourth-order valence-corrected chi connectivity index (χ4v) is 5.61. The van der Waals surface area contributed by atoms with E-state index in [1.807, 2.05) is 0 Å². The minimum atomic E-state index is -0.444. The number of rotatable bonds is 7. The lowest BCUT2D eigenvalue weighted by Gasteiger charge is -2.49. The van der Waals surface area contributed by atoms with Gasteiger partial charge in [-0.3, -0.25) is 14.5 Å². The van der Waals surface area contributed by atoms with Gasteiger partial charge in [0.05, 0.1) is 0 Å². The Morgan fingerprint density at radius 2 is 1.76 bits per heavy atom. The van der Waals surface area contributed by atoms with Gasteiger partial charge in [0.15, 0.2) is 0 Å². The van der Waals surface area contributed by atoms with Gasteiger partial charge in [-0.05, 0) is 70.4 Å². The summed E-state index contributed by atoms with van der Waals surface area (Å²) < 4.78 is 0. The van der Waals surface area contributed by atoms with Gasteiger partial charge in [0.1, 0.15) is 5.54 Å². The Kier molecular flexibility index (Phi) is 7.97. The summed E-state index contributed by atoms with van der Waals surface area (Å²) >= 11 is 0. The van der Waals surface area contributed by atoms with Crippen LogP contribution in [0.5, 0.6) is 0 Å². The Balaban J connectivity index is 1.53. The zero-order chi connectivity index (χ0) is 20.9. The lowest BCUT2D eigenvalue weighted by atomic mass is 9.82. The van der Waals surface area contributed by atoms with Crippen LogP contribution >= 0.6 is 0 Å². The van der Waals surface area contributed by atoms with E-state index in [4.69, 9.17) is 5.73 Å². The van der Waals surface area contributed by atoms with Gasteiger partial charge in [0.2, 0.25) is 11.8 Å². The highest BCUT2D eigenvalue weighted by molar-refractivity contribution is 5.85. The van der Waals surface area contributed by atoms with Crippen LogP contribution < -0.4 is 5.73 Å². The van der Waals surface area contributed by atoms with Gasteiger partial charge < -0.3 is 15.5 Å². The molecule has 0 spiro atoms. The number of hydrogen-bond acceptors (Lipinski definition) is 4. The van der Waals surface area contributed by atoms with Gasteiger partial charge in [-0.25, -0.2) is 0 Å². The minimum Gasteiger partial charge on any atom is -0.368 e. The van der Waals surface area contributed by atoms with Crippen molar-refractivity contribution in [3.8, 4) is 0 Å². The molecule has 0 aromatic carbocycles. The van der Waals surface area contributed by atoms with Crippen LogP contribution in [0.25, 0.3) is 0 Å². The summed E-state index contributed by atoms with van der Waals surface area (Å²) in [7, 11) is 0. The molecule has 29 heavy (non-hydrogen) atoms. The van der Waals surface area contributed by atoms with Crippen molar-refractivity contribution in [2.45, 2.75) is 89.6 Å². The van der Waals surface area contributed by atoms with Crippen molar-refractivity contribution in [1.29, 1.82) is 0 Å². The molecule has 3 aliphatic rings. The Labute approximate surface area is 177 Å². The SMILES string of the molecule is CC(C)CCCN1CCC(N2CCC(C(N)=O)(N3CCCCC3)CC2)CCC1=O. The van der Waals surface area contributed by atoms with Gasteiger partial charge in [-0.15, -0.1) is 0 Å². The summed E-state index contributed by atoms with van der Waals surface area (Å²) in [5, 5.41) is 0. The summed E-state index contributed by atoms with van der Waals surface area (Å²) in [5.74, 6) is 0.892. The number of carbonyl (C=O) groups excluding carboxylic acids is 2. The van der Waals surface area contributed by atoms with Crippen LogP contribution in [0.2, 0.25) is 0 Å². The molecule has 0 bridgehead atoms. The van der Waals surface area contributed by atoms with Gasteiger partial charge in [0.25, 0.3) is 0 Å². The van der Waals surface area contributed by atoms with Crippen molar-refractivity contribution in [2.24, 2.45) is 11.7 Å². The molecule has 2 N–H and O–H groups in total. The van der Waals surface area contributed by atoms with Gasteiger partial charge in [-0.2, -0.15) is 0 Å². The molecule has 3 saturated heterocycles. The van der Waals surface area contributed by atoms with E-state index >= 15 is 0 Å². The number of hydrogen-bond donors (Lipinski definition) is 1. The summed E-state index contributed by atoms with van der Waals surface area (Å²) in [5.41, 5.74) is 5.49. The molecule has 0 aromatic heterocycles. The zero-order valence-electron chi connectivity index (χ0n) is 18.7. The van der Waals surface area contributed by atoms with Crippen molar-refractivity contribution in [3.05, 3.63) is 0 Å². The maximum absolute atomic E-state index is 12.6. The Morgan fingerprint density at radius 1 is 1.07 bits per heavy atom. The first kappa shape index (κ1) is 22.5. The molecule has 0 radical (unpaired) electrons. The predicted molar refractivity (Wildman–Crippen MR) is 116 cm³/mol. The van der Waals surface area contributed by atoms with Crippen molar-refractivity contribution in [3.63, 3.8) is 0 Å². The first-order valence-electron chi connectivity index (χ1n) is 12.0. The molecule has 3 rings (SSSR count). The van der Waals surface area contributed by atoms with E-state index in [1.54, 1.807) is 0 Å². The third-order valence-electron chi connectivity index (χ3n) is 7.55. The molecular weight excluding hydrogens is 364 g/mol. The van der Waals surface area contributed by atoms with E-state index in [0.717, 1.165) is 71.4 Å². The molecule has 0 aromatic rings. The quantitative estimate of drug-likeness (QED) is 0.706. The Hall–Kier alpha value is -1.14. The summed E-state index contributed by atoms with van der Waals surface area (Å²) in [6.07, 6.45) is 10.3. The third kappa shape index (κ3) is 5.52. The Bertz CT molecular complexity index is 551. The monoisotopic (exact) mass is 406 g/mol. The normalized spacial score (nSPS) is 27.2. The number of primary amides is 1. The minimum absolute atomic E-state index is 0.133. The molecule has 1 atom stereocenters. The van der Waals surface area contributed by atoms with Crippen LogP contribution in [0.4, 0.5) is 0 Å². The number of amides is 2. The summed E-state index contributed by atoms with van der Waals surface area (Å²) in [6, 6.07) is 0.460. The predicted octanol–water partition coefficient (Wildman–Crippen LogP) is 2.61. The number of piperidine rings is 2. The molecule has 0 saturated carbocycles. The number of nitrogens with zero attached hydrogens (tertiary/aromatic N) is 3. The number of carbonyl (C=O) groups is 2. The summed E-state index contributed by atoms with van der Waals surface area (Å²) in [4.78, 5) is 32.0. The lowest BCUT2D eigenvalue weighted by Crippen LogP contribution is -2.64. The molecule has 3 heterocycles. The zero-order valence-corrected chi connectivity index (χ0v) is 18.7. The molecular formula is C23H42N4O2. The molecule has 3 aliphatic heterocycles. The smallest absolute Gasteiger partial charge is 0.238 e. The standard InChI is InChI=1S/C23H42N4O2/c1-19(2)7-6-13-26-16-10-20(8-9-21(26)28)25-17-11-23(12-18-25,22(24)29)27-14-4-3-5-15-27/h19-20H,3-18H2,1-2H3,(H2,24,29). The van der Waals surface area contributed by atoms with E-state index in [9.17, 15) is 9.59 Å². The first-order chi connectivity index (χ1) is 13.9. The van der Waals surface area contributed by atoms with Crippen LogP contribution in [-0.4, -0.2) is 77.4 Å². The fourth-order valence-electron chi connectivity index (χ4n) is 5.61. The summed E-state index contributed by atoms with van der Waals surface area (Å²) in [6.45, 7) is 10.1. The van der Waals surface area contributed by atoms with E-state index in [0.29, 0.717) is 24.3 Å². The molecule has 6 nitrogen and oxygen atoms in total. The third-order valence-corrected chi connectivity index (χ3v) is 7.55. The number of likely N-dealkylation sites (tertiary alicyclic amines) is 3. The highest BCUT2D eigenvalue weighted by Crippen LogP contribution is 2.33. The topological polar surface area (TPSA) is 69.9 Å².